The lowest BCUT2D eigenvalue weighted by Gasteiger charge is -2.23. The summed E-state index contributed by atoms with van der Waals surface area (Å²) in [6, 6.07) is 6.93. The summed E-state index contributed by atoms with van der Waals surface area (Å²) in [5.74, 6) is -2.08. The number of guanidine groups is 1. The van der Waals surface area contributed by atoms with Crippen LogP contribution >= 0.6 is 11.6 Å². The van der Waals surface area contributed by atoms with Gasteiger partial charge in [-0.05, 0) is 34.7 Å². The second kappa shape index (κ2) is 12.1. The van der Waals surface area contributed by atoms with E-state index < -0.39 is 24.0 Å². The Bertz CT molecular complexity index is 1200. The smallest absolute Gasteiger partial charge is 0.303 e. The van der Waals surface area contributed by atoms with Crippen molar-refractivity contribution in [2.75, 3.05) is 25.0 Å². The first kappa shape index (κ1) is 28.0. The minimum atomic E-state index is -1.05. The Balaban J connectivity index is 1.64. The molecular formula is C26H31ClFN5O4. The molecule has 1 aromatic carbocycles. The number of carboxylic acid groups (broad SMARTS) is 1. The molecule has 1 aliphatic heterocycles. The molecule has 198 valence electrons. The van der Waals surface area contributed by atoms with Crippen LogP contribution in [0.1, 0.15) is 61.0 Å². The van der Waals surface area contributed by atoms with Crippen molar-refractivity contribution in [1.29, 1.82) is 0 Å². The highest BCUT2D eigenvalue weighted by atomic mass is 35.5. The Morgan fingerprint density at radius 2 is 1.95 bits per heavy atom. The van der Waals surface area contributed by atoms with Gasteiger partial charge >= 0.3 is 5.97 Å². The molecule has 1 aromatic heterocycles. The molecule has 37 heavy (non-hydrogen) atoms. The predicted octanol–water partition coefficient (Wildman–Crippen LogP) is 3.69. The Labute approximate surface area is 219 Å². The predicted molar refractivity (Wildman–Crippen MR) is 140 cm³/mol. The number of hydrogen-bond acceptors (Lipinski definition) is 7. The molecule has 0 fully saturated rings. The molecule has 1 amide bonds. The van der Waals surface area contributed by atoms with E-state index in [4.69, 9.17) is 11.6 Å². The molecule has 0 saturated heterocycles. The first-order valence-corrected chi connectivity index (χ1v) is 12.3. The lowest BCUT2D eigenvalue weighted by Crippen LogP contribution is -2.41. The highest BCUT2D eigenvalue weighted by molar-refractivity contribution is 6.30. The van der Waals surface area contributed by atoms with Crippen LogP contribution in [0.4, 0.5) is 10.1 Å². The highest BCUT2D eigenvalue weighted by Crippen LogP contribution is 2.32. The van der Waals surface area contributed by atoms with Crippen molar-refractivity contribution in [1.82, 2.24) is 15.6 Å². The van der Waals surface area contributed by atoms with Crippen molar-refractivity contribution in [2.24, 2.45) is 4.99 Å². The highest BCUT2D eigenvalue weighted by Gasteiger charge is 2.23. The first-order chi connectivity index (χ1) is 17.4. The standard InChI is InChI=1S/C26H31ClFN5O4/c1-26(2,3)18-4-15(5-19(27)9-18)16(8-23(35)36)7-22(34)14-30-24(37)17-6-21(13-29-10-17)33-25-31-11-20(28)12-32-25/h4-6,9-10,13,16,20H,7-8,11-12,14H2,1-3H3,(H,30,37)(H,35,36)(H2,31,32,33)/t16-/m0/s1. The zero-order chi connectivity index (χ0) is 27.2. The molecule has 3 rings (SSSR count). The Kier molecular flexibility index (Phi) is 9.20. The number of ketones is 1. The van der Waals surface area contributed by atoms with Gasteiger partial charge in [-0.15, -0.1) is 0 Å². The number of nitrogens with zero attached hydrogens (tertiary/aromatic N) is 2. The maximum atomic E-state index is 13.2. The fraction of sp³-hybridized carbons (Fsp3) is 0.423. The summed E-state index contributed by atoms with van der Waals surface area (Å²) in [6.45, 7) is 5.97. The van der Waals surface area contributed by atoms with E-state index in [1.807, 2.05) is 32.9 Å². The fourth-order valence-electron chi connectivity index (χ4n) is 3.80. The van der Waals surface area contributed by atoms with Gasteiger partial charge < -0.3 is 21.1 Å². The summed E-state index contributed by atoms with van der Waals surface area (Å²) < 4.78 is 13.2. The summed E-state index contributed by atoms with van der Waals surface area (Å²) >= 11 is 6.30. The maximum absolute atomic E-state index is 13.2. The van der Waals surface area contributed by atoms with E-state index in [0.717, 1.165) is 5.56 Å². The van der Waals surface area contributed by atoms with Crippen molar-refractivity contribution in [3.8, 4) is 0 Å². The number of alkyl halides is 1. The molecule has 2 heterocycles. The van der Waals surface area contributed by atoms with Gasteiger partial charge in [-0.2, -0.15) is 0 Å². The number of hydrogen-bond donors (Lipinski definition) is 4. The second-order valence-electron chi connectivity index (χ2n) is 10.00. The fourth-order valence-corrected chi connectivity index (χ4v) is 4.04. The largest absolute Gasteiger partial charge is 0.481 e. The molecular weight excluding hydrogens is 501 g/mol. The van der Waals surface area contributed by atoms with Crippen LogP contribution in [0.25, 0.3) is 0 Å². The molecule has 0 spiro atoms. The SMILES string of the molecule is CC(C)(C)c1cc(Cl)cc([C@H](CC(=O)O)CC(=O)CNC(=O)c2cncc(NC3=NCC(F)CN3)c2)c1. The quantitative estimate of drug-likeness (QED) is 0.388. The van der Waals surface area contributed by atoms with Crippen LogP contribution in [0.15, 0.2) is 41.7 Å². The number of nitrogens with one attached hydrogen (secondary N) is 3. The van der Waals surface area contributed by atoms with Gasteiger partial charge in [0.15, 0.2) is 11.7 Å². The molecule has 2 atom stereocenters. The number of aliphatic imine (C=N–C) groups is 1. The van der Waals surface area contributed by atoms with Gasteiger partial charge in [0.2, 0.25) is 0 Å². The lowest BCUT2D eigenvalue weighted by molar-refractivity contribution is -0.137. The van der Waals surface area contributed by atoms with Gasteiger partial charge in [0.25, 0.3) is 5.91 Å². The van der Waals surface area contributed by atoms with Crippen LogP contribution < -0.4 is 16.0 Å². The van der Waals surface area contributed by atoms with Crippen LogP contribution in [0.5, 0.6) is 0 Å². The minimum absolute atomic E-state index is 0.0423. The first-order valence-electron chi connectivity index (χ1n) is 11.9. The van der Waals surface area contributed by atoms with E-state index in [0.29, 0.717) is 22.2 Å². The van der Waals surface area contributed by atoms with E-state index in [2.05, 4.69) is 25.9 Å². The number of pyridine rings is 1. The number of carbonyl (C=O) groups is 3. The third kappa shape index (κ3) is 8.52. The molecule has 1 unspecified atom stereocenters. The lowest BCUT2D eigenvalue weighted by atomic mass is 9.83. The number of aromatic nitrogens is 1. The number of aliphatic carboxylic acids is 1. The van der Waals surface area contributed by atoms with Gasteiger partial charge in [0.1, 0.15) is 6.17 Å². The summed E-state index contributed by atoms with van der Waals surface area (Å²) in [5.41, 5.74) is 2.08. The molecule has 9 nitrogen and oxygen atoms in total. The van der Waals surface area contributed by atoms with Crippen molar-refractivity contribution < 1.29 is 23.9 Å². The summed E-state index contributed by atoms with van der Waals surface area (Å²) in [7, 11) is 0. The monoisotopic (exact) mass is 531 g/mol. The number of anilines is 1. The van der Waals surface area contributed by atoms with E-state index in [1.165, 1.54) is 18.5 Å². The average Bonchev–Trinajstić information content (AvgIpc) is 2.82. The van der Waals surface area contributed by atoms with E-state index in [-0.39, 0.29) is 49.2 Å². The van der Waals surface area contributed by atoms with E-state index in [9.17, 15) is 23.9 Å². The maximum Gasteiger partial charge on any atom is 0.303 e. The summed E-state index contributed by atoms with van der Waals surface area (Å²) in [6.07, 6.45) is 1.47. The van der Waals surface area contributed by atoms with E-state index in [1.54, 1.807) is 6.07 Å². The third-order valence-electron chi connectivity index (χ3n) is 5.80. The second-order valence-corrected chi connectivity index (χ2v) is 10.4. The Hall–Kier alpha value is -3.53. The third-order valence-corrected chi connectivity index (χ3v) is 6.02. The van der Waals surface area contributed by atoms with Crippen LogP contribution in [0.3, 0.4) is 0 Å². The summed E-state index contributed by atoms with van der Waals surface area (Å²) in [5, 5.41) is 18.2. The zero-order valence-corrected chi connectivity index (χ0v) is 21.7. The van der Waals surface area contributed by atoms with Crippen molar-refractivity contribution >= 4 is 40.9 Å². The van der Waals surface area contributed by atoms with E-state index >= 15 is 0 Å². The van der Waals surface area contributed by atoms with Crippen LogP contribution in [-0.4, -0.2) is 59.5 Å². The molecule has 0 radical (unpaired) electrons. The number of carbonyl (C=O) groups excluding carboxylic acids is 2. The minimum Gasteiger partial charge on any atom is -0.481 e. The molecule has 4 N–H and O–H groups in total. The topological polar surface area (TPSA) is 133 Å². The van der Waals surface area contributed by atoms with Gasteiger partial charge in [0, 0.05) is 23.6 Å². The van der Waals surface area contributed by atoms with Crippen LogP contribution in [0, 0.1) is 0 Å². The zero-order valence-electron chi connectivity index (χ0n) is 21.0. The van der Waals surface area contributed by atoms with Crippen molar-refractivity contribution in [2.45, 2.75) is 51.1 Å². The molecule has 11 heteroatoms. The average molecular weight is 532 g/mol. The number of amides is 1. The van der Waals surface area contributed by atoms with Crippen molar-refractivity contribution in [3.05, 3.63) is 58.4 Å². The molecule has 1 aliphatic rings. The van der Waals surface area contributed by atoms with Gasteiger partial charge in [-0.1, -0.05) is 38.4 Å². The Morgan fingerprint density at radius 3 is 2.59 bits per heavy atom. The summed E-state index contributed by atoms with van der Waals surface area (Å²) in [4.78, 5) is 45.0. The normalized spacial score (nSPS) is 16.2. The van der Waals surface area contributed by atoms with Crippen molar-refractivity contribution in [3.63, 3.8) is 0 Å². The molecule has 2 aromatic rings. The molecule has 0 saturated carbocycles. The van der Waals surface area contributed by atoms with Gasteiger partial charge in [-0.25, -0.2) is 9.38 Å². The number of rotatable bonds is 9. The number of benzene rings is 1. The number of Topliss-reactive ketones (excluding diaryl/α,β-unsaturated/α-hetero) is 1. The van der Waals surface area contributed by atoms with Gasteiger partial charge in [-0.3, -0.25) is 19.4 Å². The molecule has 0 bridgehead atoms. The Morgan fingerprint density at radius 1 is 1.19 bits per heavy atom. The number of halogens is 2. The molecule has 0 aliphatic carbocycles. The van der Waals surface area contributed by atoms with Crippen LogP contribution in [-0.2, 0) is 15.0 Å². The van der Waals surface area contributed by atoms with Gasteiger partial charge in [0.05, 0.1) is 43.5 Å². The van der Waals surface area contributed by atoms with Crippen LogP contribution in [0.2, 0.25) is 5.02 Å². The number of carboxylic acids is 1.